The van der Waals surface area contributed by atoms with Gasteiger partial charge in [-0.05, 0) is 43.7 Å². The maximum Gasteiger partial charge on any atom is 0.0648 e. The molecule has 0 aromatic carbocycles. The molecule has 1 aliphatic carbocycles. The lowest BCUT2D eigenvalue weighted by atomic mass is 9.92. The minimum Gasteiger partial charge on any atom is -0.392 e. The van der Waals surface area contributed by atoms with Crippen LogP contribution in [0.25, 0.3) is 0 Å². The van der Waals surface area contributed by atoms with Gasteiger partial charge < -0.3 is 9.84 Å². The molecular weight excluding hydrogens is 226 g/mol. The minimum atomic E-state index is -0.302. The molecule has 18 heavy (non-hydrogen) atoms. The van der Waals surface area contributed by atoms with Gasteiger partial charge in [0.05, 0.1) is 12.2 Å². The van der Waals surface area contributed by atoms with E-state index in [1.165, 1.54) is 18.4 Å². The Labute approximate surface area is 108 Å². The van der Waals surface area contributed by atoms with Gasteiger partial charge in [-0.3, -0.25) is 4.98 Å². The monoisotopic (exact) mass is 247 g/mol. The molecule has 3 heteroatoms. The molecule has 98 valence electrons. The summed E-state index contributed by atoms with van der Waals surface area (Å²) in [5.74, 6) is 0.215. The number of pyridine rings is 1. The van der Waals surface area contributed by atoms with Crippen molar-refractivity contribution in [1.82, 2.24) is 4.98 Å². The van der Waals surface area contributed by atoms with Crippen LogP contribution in [0.2, 0.25) is 0 Å². The van der Waals surface area contributed by atoms with E-state index in [1.54, 1.807) is 0 Å². The first-order valence-electron chi connectivity index (χ1n) is 7.08. The van der Waals surface area contributed by atoms with Gasteiger partial charge in [0.2, 0.25) is 0 Å². The minimum absolute atomic E-state index is 0.215. The van der Waals surface area contributed by atoms with Crippen molar-refractivity contribution in [2.75, 3.05) is 6.61 Å². The number of aliphatic hydroxyl groups is 1. The lowest BCUT2D eigenvalue weighted by molar-refractivity contribution is -0.0203. The van der Waals surface area contributed by atoms with Crippen LogP contribution in [-0.2, 0) is 11.2 Å². The van der Waals surface area contributed by atoms with E-state index in [2.05, 4.69) is 11.1 Å². The van der Waals surface area contributed by atoms with Crippen LogP contribution in [0.3, 0.4) is 0 Å². The second kappa shape index (κ2) is 5.37. The fourth-order valence-electron chi connectivity index (χ4n) is 3.25. The van der Waals surface area contributed by atoms with Crippen molar-refractivity contribution in [2.45, 2.75) is 56.7 Å². The molecule has 3 unspecified atom stereocenters. The fraction of sp³-hybridized carbons (Fsp3) is 0.667. The molecule has 0 spiro atoms. The second-order valence-corrected chi connectivity index (χ2v) is 5.48. The summed E-state index contributed by atoms with van der Waals surface area (Å²) in [6.45, 7) is 0.858. The topological polar surface area (TPSA) is 42.4 Å². The first-order valence-corrected chi connectivity index (χ1v) is 7.08. The molecule has 3 rings (SSSR count). The van der Waals surface area contributed by atoms with Gasteiger partial charge in [0.15, 0.2) is 0 Å². The summed E-state index contributed by atoms with van der Waals surface area (Å²) in [5, 5.41) is 10.4. The highest BCUT2D eigenvalue weighted by molar-refractivity contribution is 5.29. The van der Waals surface area contributed by atoms with Gasteiger partial charge in [-0.2, -0.15) is 0 Å². The average Bonchev–Trinajstić information content (AvgIpc) is 2.84. The Bertz CT molecular complexity index is 401. The molecule has 2 aliphatic rings. The average molecular weight is 247 g/mol. The van der Waals surface area contributed by atoms with E-state index in [1.807, 2.05) is 12.3 Å². The van der Waals surface area contributed by atoms with Crippen LogP contribution in [0.4, 0.5) is 0 Å². The Balaban J connectivity index is 1.64. The van der Waals surface area contributed by atoms with Crippen LogP contribution in [-0.4, -0.2) is 28.9 Å². The summed E-state index contributed by atoms with van der Waals surface area (Å²) < 4.78 is 5.72. The van der Waals surface area contributed by atoms with Gasteiger partial charge in [-0.25, -0.2) is 0 Å². The largest absolute Gasteiger partial charge is 0.392 e. The molecule has 0 saturated carbocycles. The number of hydrogen-bond donors (Lipinski definition) is 1. The van der Waals surface area contributed by atoms with Gasteiger partial charge in [0.25, 0.3) is 0 Å². The fourth-order valence-corrected chi connectivity index (χ4v) is 3.25. The summed E-state index contributed by atoms with van der Waals surface area (Å²) in [5.41, 5.74) is 2.42. The predicted molar refractivity (Wildman–Crippen MR) is 69.5 cm³/mol. The Morgan fingerprint density at radius 3 is 3.17 bits per heavy atom. The smallest absolute Gasteiger partial charge is 0.0648 e. The molecule has 3 atom stereocenters. The molecule has 3 nitrogen and oxygen atoms in total. The third-order valence-corrected chi connectivity index (χ3v) is 4.24. The molecule has 0 radical (unpaired) electrons. The Morgan fingerprint density at radius 1 is 1.39 bits per heavy atom. The van der Waals surface area contributed by atoms with Crippen LogP contribution in [0, 0.1) is 0 Å². The van der Waals surface area contributed by atoms with E-state index >= 15 is 0 Å². The van der Waals surface area contributed by atoms with E-state index in [0.29, 0.717) is 0 Å². The van der Waals surface area contributed by atoms with Crippen molar-refractivity contribution < 1.29 is 9.84 Å². The first-order chi connectivity index (χ1) is 8.84. The summed E-state index contributed by atoms with van der Waals surface area (Å²) >= 11 is 0. The van der Waals surface area contributed by atoms with Gasteiger partial charge in [-0.15, -0.1) is 0 Å². The maximum atomic E-state index is 10.4. The molecule has 1 aromatic heterocycles. The molecule has 1 saturated heterocycles. The van der Waals surface area contributed by atoms with Crippen molar-refractivity contribution >= 4 is 0 Å². The number of rotatable bonds is 3. The normalized spacial score (nSPS) is 28.9. The van der Waals surface area contributed by atoms with Crippen LogP contribution in [0.5, 0.6) is 0 Å². The summed E-state index contributed by atoms with van der Waals surface area (Å²) in [6.07, 6.45) is 8.12. The number of aromatic nitrogens is 1. The number of aryl methyl sites for hydroxylation is 1. The zero-order valence-corrected chi connectivity index (χ0v) is 10.7. The molecular formula is C15H21NO2. The maximum absolute atomic E-state index is 10.4. The molecule has 1 fully saturated rings. The number of nitrogens with zero attached hydrogens (tertiary/aromatic N) is 1. The van der Waals surface area contributed by atoms with Crippen molar-refractivity contribution in [2.24, 2.45) is 0 Å². The van der Waals surface area contributed by atoms with E-state index < -0.39 is 0 Å². The highest BCUT2D eigenvalue weighted by Gasteiger charge is 2.31. The summed E-state index contributed by atoms with van der Waals surface area (Å²) in [7, 11) is 0. The van der Waals surface area contributed by atoms with Crippen LogP contribution < -0.4 is 0 Å². The van der Waals surface area contributed by atoms with Crippen LogP contribution in [0.15, 0.2) is 18.3 Å². The van der Waals surface area contributed by atoms with Gasteiger partial charge in [0, 0.05) is 30.8 Å². The van der Waals surface area contributed by atoms with E-state index in [-0.39, 0.29) is 18.1 Å². The van der Waals surface area contributed by atoms with Crippen molar-refractivity contribution in [3.8, 4) is 0 Å². The number of fused-ring (bicyclic) bond motifs is 1. The van der Waals surface area contributed by atoms with Crippen molar-refractivity contribution in [3.05, 3.63) is 29.6 Å². The van der Waals surface area contributed by atoms with Gasteiger partial charge in [-0.1, -0.05) is 6.07 Å². The molecule has 1 aromatic rings. The number of aliphatic hydroxyl groups excluding tert-OH is 1. The van der Waals surface area contributed by atoms with Crippen molar-refractivity contribution in [1.29, 1.82) is 0 Å². The predicted octanol–water partition coefficient (Wildman–Crippen LogP) is 2.43. The molecule has 0 bridgehead atoms. The van der Waals surface area contributed by atoms with Gasteiger partial charge in [0.1, 0.15) is 0 Å². The zero-order chi connectivity index (χ0) is 12.4. The SMILES string of the molecule is OC(CC1CCCCO1)C1CCc2cccnc21. The highest BCUT2D eigenvalue weighted by Crippen LogP contribution is 2.35. The van der Waals surface area contributed by atoms with E-state index in [9.17, 15) is 5.11 Å². The molecule has 1 aliphatic heterocycles. The Kier molecular flexibility index (Phi) is 3.62. The van der Waals surface area contributed by atoms with Crippen molar-refractivity contribution in [3.63, 3.8) is 0 Å². The third kappa shape index (κ3) is 2.43. The second-order valence-electron chi connectivity index (χ2n) is 5.48. The van der Waals surface area contributed by atoms with E-state index in [0.717, 1.165) is 38.0 Å². The number of hydrogen-bond acceptors (Lipinski definition) is 3. The lowest BCUT2D eigenvalue weighted by Crippen LogP contribution is -2.28. The van der Waals surface area contributed by atoms with E-state index in [4.69, 9.17) is 4.74 Å². The zero-order valence-electron chi connectivity index (χ0n) is 10.7. The summed E-state index contributed by atoms with van der Waals surface area (Å²) in [4.78, 5) is 4.45. The van der Waals surface area contributed by atoms with Crippen LogP contribution >= 0.6 is 0 Å². The highest BCUT2D eigenvalue weighted by atomic mass is 16.5. The molecule has 0 amide bonds. The molecule has 2 heterocycles. The molecule has 1 N–H and O–H groups in total. The quantitative estimate of drug-likeness (QED) is 0.892. The number of ether oxygens (including phenoxy) is 1. The van der Waals surface area contributed by atoms with Crippen LogP contribution in [0.1, 0.15) is 49.3 Å². The Hall–Kier alpha value is -0.930. The van der Waals surface area contributed by atoms with Gasteiger partial charge >= 0.3 is 0 Å². The third-order valence-electron chi connectivity index (χ3n) is 4.24. The standard InChI is InChI=1S/C15H21NO2/c17-14(10-12-5-1-2-9-18-12)13-7-6-11-4-3-8-16-15(11)13/h3-4,8,12-14,17H,1-2,5-7,9-10H2. The summed E-state index contributed by atoms with van der Waals surface area (Å²) in [6, 6.07) is 4.12. The first kappa shape index (κ1) is 12.1. The Morgan fingerprint density at radius 2 is 2.33 bits per heavy atom. The lowest BCUT2D eigenvalue weighted by Gasteiger charge is -2.27.